The second-order valence-electron chi connectivity index (χ2n) is 4.15. The molecule has 0 aliphatic rings. The van der Waals surface area contributed by atoms with Gasteiger partial charge in [-0.1, -0.05) is 11.6 Å². The van der Waals surface area contributed by atoms with Gasteiger partial charge in [-0.2, -0.15) is 5.10 Å². The number of Topliss-reactive ketones (excluding diaryl/α,β-unsaturated/α-hetero) is 1. The number of carbonyl (C=O) groups is 1. The molecular weight excluding hydrogens is 264 g/mol. The van der Waals surface area contributed by atoms with Crippen molar-refractivity contribution in [2.75, 3.05) is 14.1 Å². The van der Waals surface area contributed by atoms with Crippen molar-refractivity contribution in [3.05, 3.63) is 53.7 Å². The molecule has 0 saturated carbocycles. The zero-order chi connectivity index (χ0) is 13.8. The minimum Gasteiger partial charge on any atom is -0.382 e. The average Bonchev–Trinajstić information content (AvgIpc) is 2.89. The maximum atomic E-state index is 12.5. The average molecular weight is 277 g/mol. The van der Waals surface area contributed by atoms with Gasteiger partial charge in [0.15, 0.2) is 0 Å². The molecule has 0 unspecified atom stereocenters. The Hall–Kier alpha value is -2.14. The summed E-state index contributed by atoms with van der Waals surface area (Å²) >= 11 is 5.82. The molecule has 0 saturated heterocycles. The number of hydrogen-bond donors (Lipinski definition) is 0. The first kappa shape index (κ1) is 13.3. The maximum Gasteiger partial charge on any atom is 0.212 e. The van der Waals surface area contributed by atoms with E-state index in [1.54, 1.807) is 35.4 Å². The molecule has 98 valence electrons. The maximum absolute atomic E-state index is 12.5. The van der Waals surface area contributed by atoms with E-state index in [0.29, 0.717) is 16.3 Å². The van der Waals surface area contributed by atoms with E-state index in [0.717, 1.165) is 0 Å². The monoisotopic (exact) mass is 276 g/mol. The van der Waals surface area contributed by atoms with Crippen molar-refractivity contribution in [3.63, 3.8) is 0 Å². The third-order valence-electron chi connectivity index (χ3n) is 2.39. The van der Waals surface area contributed by atoms with Crippen molar-refractivity contribution in [2.24, 2.45) is 0 Å². The van der Waals surface area contributed by atoms with Crippen molar-refractivity contribution in [1.29, 1.82) is 0 Å². The standard InChI is InChI=1S/C13H13ClN4O/c1-17(2)7-12(18-9-15-8-16-18)13(19)10-3-5-11(14)6-4-10/h3-9H,1-2H3. The van der Waals surface area contributed by atoms with E-state index in [1.807, 2.05) is 14.1 Å². The number of carbonyl (C=O) groups excluding carboxylic acids is 1. The van der Waals surface area contributed by atoms with E-state index < -0.39 is 0 Å². The Morgan fingerprint density at radius 2 is 2.00 bits per heavy atom. The lowest BCUT2D eigenvalue weighted by atomic mass is 10.1. The van der Waals surface area contributed by atoms with E-state index in [2.05, 4.69) is 10.1 Å². The molecule has 0 amide bonds. The second-order valence-corrected chi connectivity index (χ2v) is 4.59. The number of nitrogens with zero attached hydrogens (tertiary/aromatic N) is 4. The van der Waals surface area contributed by atoms with Gasteiger partial charge < -0.3 is 4.90 Å². The highest BCUT2D eigenvalue weighted by molar-refractivity contribution is 6.31. The van der Waals surface area contributed by atoms with Gasteiger partial charge in [0.2, 0.25) is 5.78 Å². The number of hydrogen-bond acceptors (Lipinski definition) is 4. The predicted octanol–water partition coefficient (Wildman–Crippen LogP) is 2.17. The zero-order valence-electron chi connectivity index (χ0n) is 10.6. The summed E-state index contributed by atoms with van der Waals surface area (Å²) in [5.41, 5.74) is 0.970. The molecule has 1 aromatic carbocycles. The van der Waals surface area contributed by atoms with Gasteiger partial charge in [0.25, 0.3) is 0 Å². The third kappa shape index (κ3) is 3.20. The fourth-order valence-corrected chi connectivity index (χ4v) is 1.67. The van der Waals surface area contributed by atoms with Crippen LogP contribution in [0.3, 0.4) is 0 Å². The molecular formula is C13H13ClN4O. The summed E-state index contributed by atoms with van der Waals surface area (Å²) in [6, 6.07) is 6.74. The Labute approximate surface area is 116 Å². The molecule has 1 aromatic heterocycles. The van der Waals surface area contributed by atoms with Gasteiger partial charge in [-0.15, -0.1) is 0 Å². The first-order valence-electron chi connectivity index (χ1n) is 5.61. The molecule has 6 heteroatoms. The first-order valence-corrected chi connectivity index (χ1v) is 5.99. The van der Waals surface area contributed by atoms with E-state index in [9.17, 15) is 4.79 Å². The number of benzene rings is 1. The minimum absolute atomic E-state index is 0.143. The van der Waals surface area contributed by atoms with Crippen molar-refractivity contribution < 1.29 is 4.79 Å². The van der Waals surface area contributed by atoms with Crippen LogP contribution >= 0.6 is 11.6 Å². The predicted molar refractivity (Wildman–Crippen MR) is 73.8 cm³/mol. The summed E-state index contributed by atoms with van der Waals surface area (Å²) in [4.78, 5) is 18.1. The molecule has 0 aliphatic heterocycles. The highest BCUT2D eigenvalue weighted by Crippen LogP contribution is 2.15. The molecule has 0 N–H and O–H groups in total. The van der Waals surface area contributed by atoms with Crippen molar-refractivity contribution in [3.8, 4) is 0 Å². The molecule has 2 aromatic rings. The summed E-state index contributed by atoms with van der Waals surface area (Å²) < 4.78 is 1.44. The van der Waals surface area contributed by atoms with Crippen LogP contribution in [0.1, 0.15) is 10.4 Å². The molecule has 0 aliphatic carbocycles. The molecule has 0 radical (unpaired) electrons. The molecule has 19 heavy (non-hydrogen) atoms. The van der Waals surface area contributed by atoms with Crippen LogP contribution < -0.4 is 0 Å². The van der Waals surface area contributed by atoms with E-state index >= 15 is 0 Å². The lowest BCUT2D eigenvalue weighted by molar-refractivity contribution is 0.104. The van der Waals surface area contributed by atoms with Crippen LogP contribution in [0.15, 0.2) is 43.1 Å². The normalized spacial score (nSPS) is 11.4. The molecule has 0 atom stereocenters. The number of ketones is 1. The number of allylic oxidation sites excluding steroid dienone is 1. The van der Waals surface area contributed by atoms with Crippen molar-refractivity contribution >= 4 is 23.1 Å². The van der Waals surface area contributed by atoms with Gasteiger partial charge in [0.05, 0.1) is 0 Å². The van der Waals surface area contributed by atoms with E-state index in [1.165, 1.54) is 17.3 Å². The molecule has 0 spiro atoms. The highest BCUT2D eigenvalue weighted by Gasteiger charge is 2.15. The molecule has 0 fully saturated rings. The summed E-state index contributed by atoms with van der Waals surface area (Å²) in [7, 11) is 3.68. The SMILES string of the molecule is CN(C)C=C(C(=O)c1ccc(Cl)cc1)n1cncn1. The van der Waals surface area contributed by atoms with Crippen LogP contribution in [-0.4, -0.2) is 39.5 Å². The second kappa shape index (κ2) is 5.67. The van der Waals surface area contributed by atoms with Crippen LogP contribution in [0, 0.1) is 0 Å². The number of rotatable bonds is 4. The quantitative estimate of drug-likeness (QED) is 0.634. The number of halogens is 1. The van der Waals surface area contributed by atoms with E-state index in [-0.39, 0.29) is 5.78 Å². The fraction of sp³-hybridized carbons (Fsp3) is 0.154. The number of aromatic nitrogens is 3. The van der Waals surface area contributed by atoms with Gasteiger partial charge in [-0.3, -0.25) is 4.79 Å². The van der Waals surface area contributed by atoms with Crippen molar-refractivity contribution in [2.45, 2.75) is 0 Å². The van der Waals surface area contributed by atoms with Crippen molar-refractivity contribution in [1.82, 2.24) is 19.7 Å². The van der Waals surface area contributed by atoms with Gasteiger partial charge in [0, 0.05) is 30.9 Å². The topological polar surface area (TPSA) is 51.0 Å². The Balaban J connectivity index is 2.39. The molecule has 0 bridgehead atoms. The fourth-order valence-electron chi connectivity index (χ4n) is 1.55. The van der Waals surface area contributed by atoms with Crippen LogP contribution in [0.5, 0.6) is 0 Å². The van der Waals surface area contributed by atoms with Crippen LogP contribution in [0.4, 0.5) is 0 Å². The van der Waals surface area contributed by atoms with Gasteiger partial charge in [0.1, 0.15) is 18.4 Å². The lowest BCUT2D eigenvalue weighted by Gasteiger charge is -2.11. The largest absolute Gasteiger partial charge is 0.382 e. The summed E-state index contributed by atoms with van der Waals surface area (Å²) in [5.74, 6) is -0.143. The Bertz CT molecular complexity index is 588. The summed E-state index contributed by atoms with van der Waals surface area (Å²) in [6.07, 6.45) is 4.58. The zero-order valence-corrected chi connectivity index (χ0v) is 11.4. The van der Waals surface area contributed by atoms with E-state index in [4.69, 9.17) is 11.6 Å². The minimum atomic E-state index is -0.143. The highest BCUT2D eigenvalue weighted by atomic mass is 35.5. The Morgan fingerprint density at radius 3 is 2.53 bits per heavy atom. The smallest absolute Gasteiger partial charge is 0.212 e. The Kier molecular flexibility index (Phi) is 3.97. The lowest BCUT2D eigenvalue weighted by Crippen LogP contribution is -2.14. The molecule has 1 heterocycles. The third-order valence-corrected chi connectivity index (χ3v) is 2.64. The van der Waals surface area contributed by atoms with Gasteiger partial charge in [-0.25, -0.2) is 9.67 Å². The summed E-state index contributed by atoms with van der Waals surface area (Å²) in [6.45, 7) is 0. The Morgan fingerprint density at radius 1 is 1.32 bits per heavy atom. The van der Waals surface area contributed by atoms with Crippen LogP contribution in [0.25, 0.3) is 5.70 Å². The summed E-state index contributed by atoms with van der Waals surface area (Å²) in [5, 5.41) is 4.59. The molecule has 5 nitrogen and oxygen atoms in total. The van der Waals surface area contributed by atoms with Crippen LogP contribution in [0.2, 0.25) is 5.02 Å². The first-order chi connectivity index (χ1) is 9.08. The van der Waals surface area contributed by atoms with Gasteiger partial charge in [-0.05, 0) is 24.3 Å². The molecule has 2 rings (SSSR count). The van der Waals surface area contributed by atoms with Crippen LogP contribution in [-0.2, 0) is 0 Å². The van der Waals surface area contributed by atoms with Gasteiger partial charge >= 0.3 is 0 Å².